The average molecular weight is 309 g/mol. The van der Waals surface area contributed by atoms with Crippen LogP contribution in [0.2, 0.25) is 5.02 Å². The van der Waals surface area contributed by atoms with Gasteiger partial charge in [-0.2, -0.15) is 0 Å². The summed E-state index contributed by atoms with van der Waals surface area (Å²) in [7, 11) is 0. The van der Waals surface area contributed by atoms with E-state index >= 15 is 0 Å². The van der Waals surface area contributed by atoms with Gasteiger partial charge in [0.05, 0.1) is 12.6 Å². The molecule has 1 N–H and O–H groups in total. The number of benzene rings is 1. The highest BCUT2D eigenvalue weighted by atomic mass is 35.5. The Morgan fingerprint density at radius 2 is 1.81 bits per heavy atom. The summed E-state index contributed by atoms with van der Waals surface area (Å²) in [4.78, 5) is 14.5. The third kappa shape index (κ3) is 5.33. The zero-order valence-electron chi connectivity index (χ0n) is 12.8. The predicted molar refractivity (Wildman–Crippen MR) is 87.5 cm³/mol. The van der Waals surface area contributed by atoms with E-state index in [0.717, 1.165) is 18.7 Å². The Labute approximate surface area is 132 Å². The Morgan fingerprint density at radius 1 is 1.19 bits per heavy atom. The number of hydrogen-bond acceptors (Lipinski definition) is 2. The van der Waals surface area contributed by atoms with Crippen molar-refractivity contribution < 1.29 is 4.79 Å². The van der Waals surface area contributed by atoms with Crippen LogP contribution in [0.15, 0.2) is 24.3 Å². The number of carbonyl (C=O) groups excluding carboxylic acids is 1. The van der Waals surface area contributed by atoms with E-state index in [1.807, 2.05) is 31.2 Å². The maximum absolute atomic E-state index is 12.2. The zero-order valence-corrected chi connectivity index (χ0v) is 13.5. The first kappa shape index (κ1) is 16.3. The van der Waals surface area contributed by atoms with Crippen LogP contribution >= 0.6 is 11.6 Å². The molecule has 0 aromatic heterocycles. The molecule has 0 unspecified atom stereocenters. The number of nitrogens with one attached hydrogen (secondary N) is 1. The highest BCUT2D eigenvalue weighted by Crippen LogP contribution is 2.22. The number of halogens is 1. The maximum Gasteiger partial charge on any atom is 0.234 e. The minimum Gasteiger partial charge on any atom is -0.348 e. The van der Waals surface area contributed by atoms with E-state index in [9.17, 15) is 4.79 Å². The fraction of sp³-hybridized carbons (Fsp3) is 0.588. The molecule has 0 radical (unpaired) electrons. The van der Waals surface area contributed by atoms with Gasteiger partial charge < -0.3 is 5.32 Å². The van der Waals surface area contributed by atoms with Crippen LogP contribution in [-0.2, 0) is 4.79 Å². The van der Waals surface area contributed by atoms with Crippen molar-refractivity contribution in [2.75, 3.05) is 19.6 Å². The van der Waals surface area contributed by atoms with Gasteiger partial charge in [0, 0.05) is 5.02 Å². The molecular formula is C17H25ClN2O. The van der Waals surface area contributed by atoms with Crippen LogP contribution in [0, 0.1) is 0 Å². The molecule has 1 atom stereocenters. The molecule has 1 aromatic carbocycles. The lowest BCUT2D eigenvalue weighted by atomic mass is 10.1. The Bertz CT molecular complexity index is 456. The lowest BCUT2D eigenvalue weighted by Gasteiger charge is -2.25. The molecular weight excluding hydrogens is 284 g/mol. The smallest absolute Gasteiger partial charge is 0.234 e. The van der Waals surface area contributed by atoms with E-state index in [2.05, 4.69) is 10.2 Å². The monoisotopic (exact) mass is 308 g/mol. The van der Waals surface area contributed by atoms with Crippen molar-refractivity contribution in [1.29, 1.82) is 0 Å². The van der Waals surface area contributed by atoms with Crippen molar-refractivity contribution in [2.45, 2.75) is 45.1 Å². The van der Waals surface area contributed by atoms with Gasteiger partial charge >= 0.3 is 0 Å². The van der Waals surface area contributed by atoms with Crippen molar-refractivity contribution >= 4 is 17.5 Å². The van der Waals surface area contributed by atoms with Gasteiger partial charge in [0.15, 0.2) is 0 Å². The largest absolute Gasteiger partial charge is 0.348 e. The summed E-state index contributed by atoms with van der Waals surface area (Å²) < 4.78 is 0. The Balaban J connectivity index is 1.84. The molecule has 1 amide bonds. The van der Waals surface area contributed by atoms with Crippen LogP contribution in [0.4, 0.5) is 0 Å². The first-order valence-electron chi connectivity index (χ1n) is 7.93. The van der Waals surface area contributed by atoms with Gasteiger partial charge in [-0.1, -0.05) is 49.1 Å². The number of amides is 1. The third-order valence-electron chi connectivity index (χ3n) is 4.07. The molecule has 116 valence electrons. The second-order valence-corrected chi connectivity index (χ2v) is 6.26. The fourth-order valence-electron chi connectivity index (χ4n) is 2.87. The van der Waals surface area contributed by atoms with Crippen LogP contribution in [0.3, 0.4) is 0 Å². The normalized spacial score (nSPS) is 18.6. The van der Waals surface area contributed by atoms with Crippen LogP contribution in [-0.4, -0.2) is 30.4 Å². The molecule has 4 heteroatoms. The van der Waals surface area contributed by atoms with Crippen molar-refractivity contribution in [3.63, 3.8) is 0 Å². The standard InChI is InChI=1S/C17H25ClN2O/c1-14(15-9-5-6-10-16(15)18)19-17(21)13-20-11-7-3-2-4-8-12-20/h5-6,9-10,14H,2-4,7-8,11-13H2,1H3,(H,19,21)/t14-/m1/s1. The highest BCUT2D eigenvalue weighted by molar-refractivity contribution is 6.31. The van der Waals surface area contributed by atoms with Gasteiger partial charge in [0.25, 0.3) is 0 Å². The lowest BCUT2D eigenvalue weighted by molar-refractivity contribution is -0.123. The van der Waals surface area contributed by atoms with Crippen LogP contribution < -0.4 is 5.32 Å². The van der Waals surface area contributed by atoms with E-state index in [1.54, 1.807) is 0 Å². The van der Waals surface area contributed by atoms with Crippen molar-refractivity contribution in [2.24, 2.45) is 0 Å². The summed E-state index contributed by atoms with van der Waals surface area (Å²) in [6.07, 6.45) is 6.31. The average Bonchev–Trinajstić information content (AvgIpc) is 2.42. The van der Waals surface area contributed by atoms with Crippen LogP contribution in [0.1, 0.15) is 50.6 Å². The minimum absolute atomic E-state index is 0.0547. The summed E-state index contributed by atoms with van der Waals surface area (Å²) in [5, 5.41) is 3.76. The van der Waals surface area contributed by atoms with Gasteiger partial charge in [-0.25, -0.2) is 0 Å². The molecule has 1 fully saturated rings. The molecule has 1 heterocycles. The van der Waals surface area contributed by atoms with E-state index in [4.69, 9.17) is 11.6 Å². The molecule has 21 heavy (non-hydrogen) atoms. The number of hydrogen-bond donors (Lipinski definition) is 1. The minimum atomic E-state index is -0.0547. The molecule has 3 nitrogen and oxygen atoms in total. The number of nitrogens with zero attached hydrogens (tertiary/aromatic N) is 1. The molecule has 2 rings (SSSR count). The first-order valence-corrected chi connectivity index (χ1v) is 8.31. The summed E-state index contributed by atoms with van der Waals surface area (Å²) in [5.74, 6) is 0.0861. The predicted octanol–water partition coefficient (Wildman–Crippen LogP) is 3.78. The molecule has 0 aliphatic carbocycles. The SMILES string of the molecule is C[C@@H](NC(=O)CN1CCCCCCC1)c1ccccc1Cl. The maximum atomic E-state index is 12.2. The van der Waals surface area contributed by atoms with E-state index in [-0.39, 0.29) is 11.9 Å². The van der Waals surface area contributed by atoms with Crippen LogP contribution in [0.25, 0.3) is 0 Å². The molecule has 1 saturated heterocycles. The summed E-state index contributed by atoms with van der Waals surface area (Å²) >= 11 is 6.17. The van der Waals surface area contributed by atoms with E-state index < -0.39 is 0 Å². The van der Waals surface area contributed by atoms with Crippen molar-refractivity contribution in [3.05, 3.63) is 34.9 Å². The summed E-state index contributed by atoms with van der Waals surface area (Å²) in [5.41, 5.74) is 0.972. The number of rotatable bonds is 4. The second-order valence-electron chi connectivity index (χ2n) is 5.85. The zero-order chi connectivity index (χ0) is 15.1. The molecule has 0 bridgehead atoms. The van der Waals surface area contributed by atoms with E-state index in [1.165, 1.54) is 32.1 Å². The molecule has 1 aromatic rings. The van der Waals surface area contributed by atoms with Crippen molar-refractivity contribution in [1.82, 2.24) is 10.2 Å². The molecule has 0 saturated carbocycles. The van der Waals surface area contributed by atoms with Gasteiger partial charge in [-0.05, 0) is 44.5 Å². The summed E-state index contributed by atoms with van der Waals surface area (Å²) in [6.45, 7) is 4.54. The molecule has 1 aliphatic rings. The van der Waals surface area contributed by atoms with Crippen molar-refractivity contribution in [3.8, 4) is 0 Å². The third-order valence-corrected chi connectivity index (χ3v) is 4.41. The molecule has 1 aliphatic heterocycles. The summed E-state index contributed by atoms with van der Waals surface area (Å²) in [6, 6.07) is 7.62. The van der Waals surface area contributed by atoms with E-state index in [0.29, 0.717) is 11.6 Å². The Morgan fingerprint density at radius 3 is 2.48 bits per heavy atom. The van der Waals surface area contributed by atoms with Crippen LogP contribution in [0.5, 0.6) is 0 Å². The van der Waals surface area contributed by atoms with Gasteiger partial charge in [0.2, 0.25) is 5.91 Å². The fourth-order valence-corrected chi connectivity index (χ4v) is 3.16. The number of carbonyl (C=O) groups is 1. The van der Waals surface area contributed by atoms with Gasteiger partial charge in [-0.3, -0.25) is 9.69 Å². The Hall–Kier alpha value is -1.06. The van der Waals surface area contributed by atoms with Gasteiger partial charge in [-0.15, -0.1) is 0 Å². The topological polar surface area (TPSA) is 32.3 Å². The Kier molecular flexibility index (Phi) is 6.52. The molecule has 0 spiro atoms. The quantitative estimate of drug-likeness (QED) is 0.918. The number of likely N-dealkylation sites (tertiary alicyclic amines) is 1. The van der Waals surface area contributed by atoms with Gasteiger partial charge in [0.1, 0.15) is 0 Å². The first-order chi connectivity index (χ1) is 10.2. The second kappa shape index (κ2) is 8.40. The highest BCUT2D eigenvalue weighted by Gasteiger charge is 2.15. The lowest BCUT2D eigenvalue weighted by Crippen LogP contribution is -2.39.